The number of carbonyl (C=O) groups excluding carboxylic acids is 1. The second-order valence-corrected chi connectivity index (χ2v) is 4.80. The van der Waals surface area contributed by atoms with Gasteiger partial charge in [0, 0.05) is 24.7 Å². The van der Waals surface area contributed by atoms with Crippen LogP contribution < -0.4 is 16.0 Å². The number of piperidine rings is 1. The van der Waals surface area contributed by atoms with Crippen LogP contribution in [0.1, 0.15) is 24.8 Å². The van der Waals surface area contributed by atoms with Crippen molar-refractivity contribution in [2.75, 3.05) is 13.1 Å². The summed E-state index contributed by atoms with van der Waals surface area (Å²) in [6, 6.07) is 6.54. The number of nitrogens with one attached hydrogen (secondary N) is 3. The van der Waals surface area contributed by atoms with Gasteiger partial charge in [0.05, 0.1) is 0 Å². The number of carbonyl (C=O) groups is 1. The molecule has 0 aromatic heterocycles. The van der Waals surface area contributed by atoms with E-state index < -0.39 is 0 Å². The molecule has 1 heterocycles. The van der Waals surface area contributed by atoms with Gasteiger partial charge in [-0.2, -0.15) is 0 Å². The minimum atomic E-state index is -0.295. The molecule has 1 aliphatic heterocycles. The molecule has 3 N–H and O–H groups in total. The Bertz CT molecular complexity index is 419. The van der Waals surface area contributed by atoms with Crippen molar-refractivity contribution in [3.05, 3.63) is 35.6 Å². The first-order valence-corrected chi connectivity index (χ1v) is 6.74. The first kappa shape index (κ1) is 13.8. The van der Waals surface area contributed by atoms with E-state index in [0.717, 1.165) is 13.0 Å². The van der Waals surface area contributed by atoms with Crippen molar-refractivity contribution in [1.29, 1.82) is 0 Å². The number of halogens is 1. The van der Waals surface area contributed by atoms with Crippen LogP contribution in [0, 0.1) is 5.82 Å². The van der Waals surface area contributed by atoms with Gasteiger partial charge in [-0.05, 0) is 25.5 Å². The second kappa shape index (κ2) is 7.09. The Balaban J connectivity index is 1.68. The molecule has 1 aromatic carbocycles. The quantitative estimate of drug-likeness (QED) is 0.777. The average molecular weight is 265 g/mol. The van der Waals surface area contributed by atoms with Gasteiger partial charge in [0.15, 0.2) is 0 Å². The summed E-state index contributed by atoms with van der Waals surface area (Å²) in [4.78, 5) is 11.6. The normalized spacial score (nSPS) is 18.9. The summed E-state index contributed by atoms with van der Waals surface area (Å²) >= 11 is 0. The molecule has 1 unspecified atom stereocenters. The first-order valence-electron chi connectivity index (χ1n) is 6.74. The highest BCUT2D eigenvalue weighted by molar-refractivity contribution is 5.73. The molecule has 1 aliphatic rings. The van der Waals surface area contributed by atoms with Crippen LogP contribution in [0.3, 0.4) is 0 Å². The number of rotatable bonds is 4. The van der Waals surface area contributed by atoms with E-state index in [1.807, 2.05) is 0 Å². The zero-order chi connectivity index (χ0) is 13.5. The third kappa shape index (κ3) is 4.52. The summed E-state index contributed by atoms with van der Waals surface area (Å²) < 4.78 is 13.3. The Kier molecular flexibility index (Phi) is 5.15. The maximum Gasteiger partial charge on any atom is 0.315 e. The van der Waals surface area contributed by atoms with E-state index in [2.05, 4.69) is 16.0 Å². The Hall–Kier alpha value is -1.62. The van der Waals surface area contributed by atoms with Crippen LogP contribution in [0.4, 0.5) is 9.18 Å². The van der Waals surface area contributed by atoms with Crippen molar-refractivity contribution >= 4 is 6.03 Å². The summed E-state index contributed by atoms with van der Waals surface area (Å²) in [5.74, 6) is -0.295. The molecule has 1 fully saturated rings. The van der Waals surface area contributed by atoms with E-state index in [9.17, 15) is 9.18 Å². The van der Waals surface area contributed by atoms with Gasteiger partial charge in [0.25, 0.3) is 0 Å². The van der Waals surface area contributed by atoms with Gasteiger partial charge in [-0.3, -0.25) is 0 Å². The lowest BCUT2D eigenvalue weighted by atomic mass is 10.1. The Morgan fingerprint density at radius 2 is 2.16 bits per heavy atom. The maximum absolute atomic E-state index is 13.3. The van der Waals surface area contributed by atoms with Crippen molar-refractivity contribution < 1.29 is 9.18 Å². The van der Waals surface area contributed by atoms with Crippen LogP contribution in [0.5, 0.6) is 0 Å². The fraction of sp³-hybridized carbons (Fsp3) is 0.500. The van der Waals surface area contributed by atoms with Crippen molar-refractivity contribution in [1.82, 2.24) is 16.0 Å². The molecule has 0 spiro atoms. The summed E-state index contributed by atoms with van der Waals surface area (Å²) in [6.45, 7) is 1.84. The third-order valence-corrected chi connectivity index (χ3v) is 3.32. The van der Waals surface area contributed by atoms with E-state index >= 15 is 0 Å². The number of benzene rings is 1. The lowest BCUT2D eigenvalue weighted by Crippen LogP contribution is -2.46. The summed E-state index contributed by atoms with van der Waals surface area (Å²) in [6.07, 6.45) is 3.50. The molecule has 2 rings (SSSR count). The molecule has 2 amide bonds. The van der Waals surface area contributed by atoms with Gasteiger partial charge in [0.1, 0.15) is 5.82 Å². The standard InChI is InChI=1S/C14H20FN3O/c15-13-7-2-1-5-11(13)9-17-14(19)18-10-12-6-3-4-8-16-12/h1-2,5,7,12,16H,3-4,6,8-10H2,(H2,17,18,19). The van der Waals surface area contributed by atoms with Crippen LogP contribution in [0.25, 0.3) is 0 Å². The number of urea groups is 1. The monoisotopic (exact) mass is 265 g/mol. The molecule has 104 valence electrons. The van der Waals surface area contributed by atoms with Crippen molar-refractivity contribution in [2.24, 2.45) is 0 Å². The fourth-order valence-corrected chi connectivity index (χ4v) is 2.19. The van der Waals surface area contributed by atoms with Crippen molar-refractivity contribution in [3.63, 3.8) is 0 Å². The molecular formula is C14H20FN3O. The molecule has 5 heteroatoms. The van der Waals surface area contributed by atoms with Crippen LogP contribution in [-0.4, -0.2) is 25.2 Å². The molecule has 0 radical (unpaired) electrons. The van der Waals surface area contributed by atoms with E-state index in [4.69, 9.17) is 0 Å². The molecule has 1 aromatic rings. The van der Waals surface area contributed by atoms with E-state index in [1.165, 1.54) is 18.9 Å². The van der Waals surface area contributed by atoms with Crippen LogP contribution in [0.15, 0.2) is 24.3 Å². The highest BCUT2D eigenvalue weighted by Gasteiger charge is 2.13. The van der Waals surface area contributed by atoms with Crippen LogP contribution >= 0.6 is 0 Å². The molecule has 0 saturated carbocycles. The molecule has 1 saturated heterocycles. The van der Waals surface area contributed by atoms with Gasteiger partial charge < -0.3 is 16.0 Å². The number of hydrogen-bond acceptors (Lipinski definition) is 2. The van der Waals surface area contributed by atoms with E-state index in [0.29, 0.717) is 18.2 Å². The van der Waals surface area contributed by atoms with E-state index in [1.54, 1.807) is 18.2 Å². The Labute approximate surface area is 112 Å². The van der Waals surface area contributed by atoms with Gasteiger partial charge in [-0.25, -0.2) is 9.18 Å². The molecule has 4 nitrogen and oxygen atoms in total. The fourth-order valence-electron chi connectivity index (χ4n) is 2.19. The van der Waals surface area contributed by atoms with Gasteiger partial charge in [-0.15, -0.1) is 0 Å². The minimum absolute atomic E-state index is 0.205. The lowest BCUT2D eigenvalue weighted by Gasteiger charge is -2.23. The third-order valence-electron chi connectivity index (χ3n) is 3.32. The van der Waals surface area contributed by atoms with Crippen LogP contribution in [-0.2, 0) is 6.54 Å². The molecule has 19 heavy (non-hydrogen) atoms. The predicted octanol–water partition coefficient (Wildman–Crippen LogP) is 1.77. The van der Waals surface area contributed by atoms with Gasteiger partial charge in [0.2, 0.25) is 0 Å². The van der Waals surface area contributed by atoms with Crippen molar-refractivity contribution in [3.8, 4) is 0 Å². The molecular weight excluding hydrogens is 245 g/mol. The highest BCUT2D eigenvalue weighted by atomic mass is 19.1. The second-order valence-electron chi connectivity index (χ2n) is 4.80. The van der Waals surface area contributed by atoms with Crippen LogP contribution in [0.2, 0.25) is 0 Å². The Morgan fingerprint density at radius 1 is 1.32 bits per heavy atom. The largest absolute Gasteiger partial charge is 0.337 e. The molecule has 0 aliphatic carbocycles. The predicted molar refractivity (Wildman–Crippen MR) is 72.3 cm³/mol. The topological polar surface area (TPSA) is 53.2 Å². The number of hydrogen-bond donors (Lipinski definition) is 3. The summed E-state index contributed by atoms with van der Waals surface area (Å²) in [7, 11) is 0. The lowest BCUT2D eigenvalue weighted by molar-refractivity contribution is 0.238. The zero-order valence-electron chi connectivity index (χ0n) is 10.9. The minimum Gasteiger partial charge on any atom is -0.337 e. The maximum atomic E-state index is 13.3. The van der Waals surface area contributed by atoms with E-state index in [-0.39, 0.29) is 18.4 Å². The van der Waals surface area contributed by atoms with Gasteiger partial charge in [-0.1, -0.05) is 24.6 Å². The van der Waals surface area contributed by atoms with Gasteiger partial charge >= 0.3 is 6.03 Å². The Morgan fingerprint density at radius 3 is 2.89 bits per heavy atom. The smallest absolute Gasteiger partial charge is 0.315 e. The van der Waals surface area contributed by atoms with Crippen molar-refractivity contribution in [2.45, 2.75) is 31.8 Å². The SMILES string of the molecule is O=C(NCc1ccccc1F)NCC1CCCCN1. The summed E-state index contributed by atoms with van der Waals surface area (Å²) in [5.41, 5.74) is 0.494. The highest BCUT2D eigenvalue weighted by Crippen LogP contribution is 2.06. The first-order chi connectivity index (χ1) is 9.25. The zero-order valence-corrected chi connectivity index (χ0v) is 10.9. The number of amides is 2. The summed E-state index contributed by atoms with van der Waals surface area (Å²) in [5, 5.41) is 8.82. The molecule has 0 bridgehead atoms. The average Bonchev–Trinajstić information content (AvgIpc) is 2.45. The molecule has 1 atom stereocenters.